The van der Waals surface area contributed by atoms with Crippen LogP contribution in [0.3, 0.4) is 0 Å². The highest BCUT2D eigenvalue weighted by Crippen LogP contribution is 2.50. The van der Waals surface area contributed by atoms with Gasteiger partial charge in [0, 0.05) is 23.8 Å². The second-order valence-electron chi connectivity index (χ2n) is 7.46. The molecule has 0 saturated heterocycles. The lowest BCUT2D eigenvalue weighted by Crippen LogP contribution is -2.39. The van der Waals surface area contributed by atoms with Crippen molar-refractivity contribution in [1.29, 1.82) is 0 Å². The van der Waals surface area contributed by atoms with Gasteiger partial charge in [-0.05, 0) is 28.7 Å². The largest absolute Gasteiger partial charge is 0.368 e. The lowest BCUT2D eigenvalue weighted by atomic mass is 9.96. The van der Waals surface area contributed by atoms with Gasteiger partial charge in [0.2, 0.25) is 5.91 Å². The average Bonchev–Trinajstić information content (AvgIpc) is 3.49. The molecule has 3 aromatic rings. The number of nitrogens with two attached hydrogens (primary N) is 1. The molecule has 1 aromatic heterocycles. The van der Waals surface area contributed by atoms with Crippen LogP contribution in [0.1, 0.15) is 35.0 Å². The van der Waals surface area contributed by atoms with Crippen molar-refractivity contribution in [3.05, 3.63) is 81.5 Å². The van der Waals surface area contributed by atoms with Crippen LogP contribution in [0.15, 0.2) is 53.9 Å². The molecule has 1 heterocycles. The van der Waals surface area contributed by atoms with Gasteiger partial charge in [-0.1, -0.05) is 42.5 Å². The monoisotopic (exact) mass is 441 g/mol. The van der Waals surface area contributed by atoms with Gasteiger partial charge >= 0.3 is 6.03 Å². The van der Waals surface area contributed by atoms with Gasteiger partial charge in [0.05, 0.1) is 0 Å². The number of hydrogen-bond donors (Lipinski definition) is 3. The molecule has 0 radical (unpaired) electrons. The number of terminal acetylenes is 1. The second kappa shape index (κ2) is 8.54. The molecule has 1 atom stereocenters. The van der Waals surface area contributed by atoms with Crippen molar-refractivity contribution in [2.24, 2.45) is 5.73 Å². The van der Waals surface area contributed by atoms with Gasteiger partial charge < -0.3 is 15.9 Å². The van der Waals surface area contributed by atoms with Crippen LogP contribution in [0.5, 0.6) is 0 Å². The summed E-state index contributed by atoms with van der Waals surface area (Å²) < 4.78 is 0. The van der Waals surface area contributed by atoms with Gasteiger partial charge in [0.15, 0.2) is 5.01 Å². The normalized spacial score (nSPS) is 14.4. The quantitative estimate of drug-likeness (QED) is 0.397. The number of hydrogen-bond acceptors (Lipinski definition) is 4. The second-order valence-corrected chi connectivity index (χ2v) is 8.32. The Labute approximate surface area is 189 Å². The number of urea groups is 1. The Morgan fingerprint density at radius 1 is 1.22 bits per heavy atom. The summed E-state index contributed by atoms with van der Waals surface area (Å²) in [5.41, 5.74) is 8.65. The first-order chi connectivity index (χ1) is 15.4. The standard InChI is InChI=1S/C24H19N5O2S/c1-3-20-27-19(14-32-20)28-23(31)29-21(22(25)30)16-9-7-15(8-10-16)17-5-4-6-18(13-17)24(26-2)11-12-24/h1,4-10,13-14,21H,11-12H2,(H2,25,30)(H2,28,29,31)/t21-/m1/s1. The van der Waals surface area contributed by atoms with E-state index in [1.807, 2.05) is 36.4 Å². The lowest BCUT2D eigenvalue weighted by Gasteiger charge is -2.16. The van der Waals surface area contributed by atoms with Crippen molar-refractivity contribution in [1.82, 2.24) is 10.3 Å². The van der Waals surface area contributed by atoms with Crippen LogP contribution in [-0.4, -0.2) is 16.9 Å². The molecule has 158 valence electrons. The molecule has 3 amide bonds. The highest BCUT2D eigenvalue weighted by atomic mass is 32.1. The molecule has 32 heavy (non-hydrogen) atoms. The van der Waals surface area contributed by atoms with E-state index < -0.39 is 18.0 Å². The number of nitrogens with one attached hydrogen (secondary N) is 2. The molecule has 4 N–H and O–H groups in total. The van der Waals surface area contributed by atoms with Gasteiger partial charge in [0.25, 0.3) is 5.54 Å². The fourth-order valence-corrected chi connectivity index (χ4v) is 3.99. The van der Waals surface area contributed by atoms with Gasteiger partial charge in [-0.3, -0.25) is 10.1 Å². The molecule has 0 unspecified atom stereocenters. The fourth-order valence-electron chi connectivity index (χ4n) is 3.44. The number of benzene rings is 2. The van der Waals surface area contributed by atoms with Gasteiger partial charge in [0.1, 0.15) is 11.9 Å². The van der Waals surface area contributed by atoms with E-state index >= 15 is 0 Å². The summed E-state index contributed by atoms with van der Waals surface area (Å²) in [7, 11) is 0. The number of carbonyl (C=O) groups excluding carboxylic acids is 2. The minimum absolute atomic E-state index is 0.298. The molecule has 1 aliphatic carbocycles. The topological polar surface area (TPSA) is 101 Å². The fraction of sp³-hybridized carbons (Fsp3) is 0.167. The van der Waals surface area contributed by atoms with E-state index in [-0.39, 0.29) is 5.54 Å². The summed E-state index contributed by atoms with van der Waals surface area (Å²) in [6.45, 7) is 7.46. The first kappa shape index (κ1) is 21.1. The van der Waals surface area contributed by atoms with E-state index in [4.69, 9.17) is 18.7 Å². The van der Waals surface area contributed by atoms with E-state index in [2.05, 4.69) is 26.4 Å². The third kappa shape index (κ3) is 4.31. The molecule has 1 saturated carbocycles. The predicted molar refractivity (Wildman–Crippen MR) is 124 cm³/mol. The summed E-state index contributed by atoms with van der Waals surface area (Å²) in [4.78, 5) is 32.2. The predicted octanol–water partition coefficient (Wildman–Crippen LogP) is 4.05. The molecule has 4 rings (SSSR count). The Morgan fingerprint density at radius 3 is 2.56 bits per heavy atom. The molecule has 0 bridgehead atoms. The molecule has 0 spiro atoms. The highest BCUT2D eigenvalue weighted by Gasteiger charge is 2.52. The first-order valence-corrected chi connectivity index (χ1v) is 10.7. The van der Waals surface area contributed by atoms with E-state index in [9.17, 15) is 9.59 Å². The van der Waals surface area contributed by atoms with Gasteiger partial charge in [-0.2, -0.15) is 0 Å². The zero-order chi connectivity index (χ0) is 22.7. The number of amides is 3. The Bertz CT molecular complexity index is 1260. The number of anilines is 1. The van der Waals surface area contributed by atoms with E-state index in [1.165, 1.54) is 11.3 Å². The maximum absolute atomic E-state index is 12.3. The summed E-state index contributed by atoms with van der Waals surface area (Å²) in [5.74, 6) is 2.00. The third-order valence-electron chi connectivity index (χ3n) is 5.34. The molecule has 1 aliphatic rings. The van der Waals surface area contributed by atoms with E-state index in [1.54, 1.807) is 17.5 Å². The van der Waals surface area contributed by atoms with Gasteiger partial charge in [-0.15, -0.1) is 17.8 Å². The summed E-state index contributed by atoms with van der Waals surface area (Å²) in [6, 6.07) is 13.5. The number of thiazole rings is 1. The third-order valence-corrected chi connectivity index (χ3v) is 6.12. The Kier molecular flexibility index (Phi) is 5.63. The number of rotatable bonds is 6. The SMILES string of the molecule is [C-]#[N+]C1(c2cccc(-c3ccc([C@@H](NC(=O)Nc4csc(C#C)n4)C(N)=O)cc3)c2)CC1. The number of aromatic nitrogens is 1. The maximum Gasteiger partial charge on any atom is 0.321 e. The van der Waals surface area contributed by atoms with Crippen molar-refractivity contribution in [2.75, 3.05) is 5.32 Å². The minimum Gasteiger partial charge on any atom is -0.368 e. The zero-order valence-electron chi connectivity index (χ0n) is 17.0. The average molecular weight is 442 g/mol. The molecule has 2 aromatic carbocycles. The van der Waals surface area contributed by atoms with Crippen LogP contribution in [0, 0.1) is 18.9 Å². The maximum atomic E-state index is 12.3. The van der Waals surface area contributed by atoms with E-state index in [0.29, 0.717) is 16.4 Å². The number of primary amides is 1. The smallest absolute Gasteiger partial charge is 0.321 e. The highest BCUT2D eigenvalue weighted by molar-refractivity contribution is 7.10. The van der Waals surface area contributed by atoms with Crippen LogP contribution in [0.25, 0.3) is 16.0 Å². The van der Waals surface area contributed by atoms with Crippen molar-refractivity contribution < 1.29 is 9.59 Å². The lowest BCUT2D eigenvalue weighted by molar-refractivity contribution is -0.119. The van der Waals surface area contributed by atoms with Crippen LogP contribution in [0.2, 0.25) is 0 Å². The molecular formula is C24H19N5O2S. The van der Waals surface area contributed by atoms with Gasteiger partial charge in [-0.25, -0.2) is 16.4 Å². The van der Waals surface area contributed by atoms with Crippen molar-refractivity contribution in [3.63, 3.8) is 0 Å². The Morgan fingerprint density at radius 2 is 1.97 bits per heavy atom. The molecule has 7 nitrogen and oxygen atoms in total. The van der Waals surface area contributed by atoms with Crippen LogP contribution < -0.4 is 16.4 Å². The minimum atomic E-state index is -1.02. The van der Waals surface area contributed by atoms with Crippen molar-refractivity contribution in [3.8, 4) is 23.5 Å². The zero-order valence-corrected chi connectivity index (χ0v) is 17.8. The van der Waals surface area contributed by atoms with E-state index in [0.717, 1.165) is 29.5 Å². The Hall–Kier alpha value is -4.14. The first-order valence-electron chi connectivity index (χ1n) is 9.82. The number of nitrogens with zero attached hydrogens (tertiary/aromatic N) is 2. The summed E-state index contributed by atoms with van der Waals surface area (Å²) >= 11 is 1.22. The molecule has 1 fully saturated rings. The summed E-state index contributed by atoms with van der Waals surface area (Å²) in [5, 5.41) is 7.16. The number of carbonyl (C=O) groups is 2. The van der Waals surface area contributed by atoms with Crippen LogP contribution in [0.4, 0.5) is 10.6 Å². The van der Waals surface area contributed by atoms with Crippen molar-refractivity contribution in [2.45, 2.75) is 24.4 Å². The van der Waals surface area contributed by atoms with Crippen LogP contribution in [-0.2, 0) is 10.3 Å². The molecule has 8 heteroatoms. The molecule has 0 aliphatic heterocycles. The molecular weight excluding hydrogens is 422 g/mol. The Balaban J connectivity index is 1.49. The summed E-state index contributed by atoms with van der Waals surface area (Å²) in [6.07, 6.45) is 7.05. The van der Waals surface area contributed by atoms with Crippen LogP contribution >= 0.6 is 11.3 Å². The van der Waals surface area contributed by atoms with Crippen molar-refractivity contribution >= 4 is 29.1 Å².